The molecule has 0 atom stereocenters. The van der Waals surface area contributed by atoms with E-state index in [1.54, 1.807) is 36.5 Å². The normalized spacial score (nSPS) is 13.3. The zero-order chi connectivity index (χ0) is 24.9. The molecular weight excluding hydrogens is 464 g/mol. The fourth-order valence-corrected chi connectivity index (χ4v) is 4.04. The first-order valence-electron chi connectivity index (χ1n) is 11.7. The Kier molecular flexibility index (Phi) is 6.79. The lowest BCUT2D eigenvalue weighted by Crippen LogP contribution is -2.10. The van der Waals surface area contributed by atoms with Gasteiger partial charge in [0.15, 0.2) is 17.4 Å². The van der Waals surface area contributed by atoms with Crippen LogP contribution in [0.5, 0.6) is 11.5 Å². The van der Waals surface area contributed by atoms with E-state index in [9.17, 15) is 13.6 Å². The van der Waals surface area contributed by atoms with Crippen molar-refractivity contribution in [2.75, 3.05) is 5.32 Å². The smallest absolute Gasteiger partial charge is 0.248 e. The Balaban J connectivity index is 1.28. The summed E-state index contributed by atoms with van der Waals surface area (Å²) < 4.78 is 36.4. The van der Waals surface area contributed by atoms with Crippen molar-refractivity contribution in [2.24, 2.45) is 0 Å². The monoisotopic (exact) mass is 487 g/mol. The number of carbonyl (C=O) groups is 1. The molecule has 0 saturated heterocycles. The molecule has 36 heavy (non-hydrogen) atoms. The number of anilines is 1. The molecule has 3 heterocycles. The molecule has 0 fully saturated rings. The Morgan fingerprint density at radius 2 is 1.94 bits per heavy atom. The van der Waals surface area contributed by atoms with Gasteiger partial charge in [0.05, 0.1) is 11.9 Å². The summed E-state index contributed by atoms with van der Waals surface area (Å²) in [5, 5.41) is 11.1. The van der Waals surface area contributed by atoms with Crippen molar-refractivity contribution in [1.82, 2.24) is 19.7 Å². The van der Waals surface area contributed by atoms with Crippen LogP contribution in [-0.2, 0) is 17.8 Å². The SMILES string of the molecule is O=C(/C=C/c1ccc(Oc2cccnc2)c(F)c1)Nc1cc(-c2nnc3n2CCCCC3)ccc1F. The zero-order valence-electron chi connectivity index (χ0n) is 19.3. The van der Waals surface area contributed by atoms with Crippen LogP contribution in [0.1, 0.15) is 30.7 Å². The molecular formula is C27H23F2N5O2. The average Bonchev–Trinajstić information content (AvgIpc) is 3.14. The van der Waals surface area contributed by atoms with Crippen LogP contribution in [0.3, 0.4) is 0 Å². The minimum Gasteiger partial charge on any atom is -0.453 e. The van der Waals surface area contributed by atoms with Crippen molar-refractivity contribution in [1.29, 1.82) is 0 Å². The van der Waals surface area contributed by atoms with Gasteiger partial charge in [-0.05, 0) is 66.9 Å². The lowest BCUT2D eigenvalue weighted by Gasteiger charge is -2.10. The summed E-state index contributed by atoms with van der Waals surface area (Å²) in [6.07, 6.45) is 9.81. The Morgan fingerprint density at radius 1 is 1.03 bits per heavy atom. The summed E-state index contributed by atoms with van der Waals surface area (Å²) in [5.74, 6) is 0.306. The van der Waals surface area contributed by atoms with Gasteiger partial charge in [0, 0.05) is 30.8 Å². The number of pyridine rings is 1. The largest absolute Gasteiger partial charge is 0.453 e. The molecule has 1 N–H and O–H groups in total. The molecule has 7 nitrogen and oxygen atoms in total. The van der Waals surface area contributed by atoms with Gasteiger partial charge in [-0.3, -0.25) is 9.78 Å². The van der Waals surface area contributed by atoms with Gasteiger partial charge in [0.1, 0.15) is 17.4 Å². The lowest BCUT2D eigenvalue weighted by molar-refractivity contribution is -0.111. The highest BCUT2D eigenvalue weighted by Gasteiger charge is 2.17. The molecule has 4 aromatic rings. The third-order valence-electron chi connectivity index (χ3n) is 5.84. The van der Waals surface area contributed by atoms with Crippen LogP contribution in [0.2, 0.25) is 0 Å². The van der Waals surface area contributed by atoms with Crippen molar-refractivity contribution in [2.45, 2.75) is 32.2 Å². The molecule has 0 spiro atoms. The summed E-state index contributed by atoms with van der Waals surface area (Å²) in [6, 6.07) is 12.1. The van der Waals surface area contributed by atoms with Crippen LogP contribution >= 0.6 is 0 Å². The summed E-state index contributed by atoms with van der Waals surface area (Å²) in [5.41, 5.74) is 1.14. The van der Waals surface area contributed by atoms with E-state index in [0.717, 1.165) is 38.1 Å². The number of aryl methyl sites for hydroxylation is 1. The van der Waals surface area contributed by atoms with Crippen LogP contribution < -0.4 is 10.1 Å². The fraction of sp³-hybridized carbons (Fsp3) is 0.185. The minimum absolute atomic E-state index is 0.0273. The first kappa shape index (κ1) is 23.3. The predicted octanol–water partition coefficient (Wildman–Crippen LogP) is 5.79. The number of halogens is 2. The van der Waals surface area contributed by atoms with Crippen LogP contribution in [0.4, 0.5) is 14.5 Å². The molecule has 2 aromatic heterocycles. The predicted molar refractivity (Wildman–Crippen MR) is 131 cm³/mol. The second-order valence-corrected chi connectivity index (χ2v) is 8.40. The maximum Gasteiger partial charge on any atom is 0.248 e. The molecule has 5 rings (SSSR count). The molecule has 1 amide bonds. The van der Waals surface area contributed by atoms with E-state index < -0.39 is 17.5 Å². The first-order valence-corrected chi connectivity index (χ1v) is 11.7. The summed E-state index contributed by atoms with van der Waals surface area (Å²) in [7, 11) is 0. The number of ether oxygens (including phenoxy) is 1. The standard InChI is InChI=1S/C27H23F2N5O2/c28-21-10-9-19(27-33-32-25-6-2-1-3-14-34(25)27)16-23(21)31-26(35)12-8-18-7-11-24(22(29)15-18)36-20-5-4-13-30-17-20/h4-5,7-13,15-17H,1-3,6,14H2,(H,31,35)/b12-8+. The van der Waals surface area contributed by atoms with E-state index in [1.807, 2.05) is 0 Å². The van der Waals surface area contributed by atoms with Gasteiger partial charge in [0.2, 0.25) is 5.91 Å². The van der Waals surface area contributed by atoms with Gasteiger partial charge in [-0.2, -0.15) is 0 Å². The zero-order valence-corrected chi connectivity index (χ0v) is 19.3. The maximum absolute atomic E-state index is 14.5. The highest BCUT2D eigenvalue weighted by molar-refractivity contribution is 6.02. The van der Waals surface area contributed by atoms with Crippen molar-refractivity contribution in [3.63, 3.8) is 0 Å². The van der Waals surface area contributed by atoms with Crippen LogP contribution in [0, 0.1) is 11.6 Å². The lowest BCUT2D eigenvalue weighted by atomic mass is 10.1. The number of carbonyl (C=O) groups excluding carboxylic acids is 1. The number of hydrogen-bond donors (Lipinski definition) is 1. The van der Waals surface area contributed by atoms with Crippen molar-refractivity contribution in [3.8, 4) is 22.9 Å². The Labute approximate surface area is 206 Å². The quantitative estimate of drug-likeness (QED) is 0.348. The first-order chi connectivity index (χ1) is 17.6. The van der Waals surface area contributed by atoms with E-state index in [4.69, 9.17) is 4.74 Å². The molecule has 0 saturated carbocycles. The Morgan fingerprint density at radius 3 is 2.78 bits per heavy atom. The average molecular weight is 488 g/mol. The molecule has 0 bridgehead atoms. The van der Waals surface area contributed by atoms with Crippen molar-refractivity contribution >= 4 is 17.7 Å². The molecule has 1 aliphatic heterocycles. The van der Waals surface area contributed by atoms with Gasteiger partial charge in [-0.1, -0.05) is 12.5 Å². The van der Waals surface area contributed by atoms with Gasteiger partial charge in [-0.15, -0.1) is 10.2 Å². The maximum atomic E-state index is 14.5. The highest BCUT2D eigenvalue weighted by atomic mass is 19.1. The van der Waals surface area contributed by atoms with Gasteiger partial charge in [0.25, 0.3) is 0 Å². The molecule has 0 aliphatic carbocycles. The molecule has 182 valence electrons. The third-order valence-corrected chi connectivity index (χ3v) is 5.84. The summed E-state index contributed by atoms with van der Waals surface area (Å²) in [4.78, 5) is 16.4. The van der Waals surface area contributed by atoms with Crippen molar-refractivity contribution < 1.29 is 18.3 Å². The number of nitrogens with zero attached hydrogens (tertiary/aromatic N) is 4. The minimum atomic E-state index is -0.590. The number of rotatable bonds is 6. The molecule has 1 aliphatic rings. The van der Waals surface area contributed by atoms with E-state index in [-0.39, 0.29) is 11.4 Å². The second kappa shape index (κ2) is 10.5. The molecule has 9 heteroatoms. The number of aromatic nitrogens is 4. The van der Waals surface area contributed by atoms with Crippen LogP contribution in [0.15, 0.2) is 67.0 Å². The van der Waals surface area contributed by atoms with Crippen LogP contribution in [-0.4, -0.2) is 25.7 Å². The van der Waals surface area contributed by atoms with Gasteiger partial charge < -0.3 is 14.6 Å². The number of nitrogens with one attached hydrogen (secondary N) is 1. The van der Waals surface area contributed by atoms with Gasteiger partial charge in [-0.25, -0.2) is 8.78 Å². The van der Waals surface area contributed by atoms with Crippen molar-refractivity contribution in [3.05, 3.63) is 90.0 Å². The van der Waals surface area contributed by atoms with E-state index in [2.05, 4.69) is 25.1 Å². The van der Waals surface area contributed by atoms with E-state index >= 15 is 0 Å². The van der Waals surface area contributed by atoms with Crippen LogP contribution in [0.25, 0.3) is 17.5 Å². The Hall–Kier alpha value is -4.40. The molecule has 2 aromatic carbocycles. The highest BCUT2D eigenvalue weighted by Crippen LogP contribution is 2.27. The number of amides is 1. The van der Waals surface area contributed by atoms with Gasteiger partial charge >= 0.3 is 0 Å². The number of hydrogen-bond acceptors (Lipinski definition) is 5. The van der Waals surface area contributed by atoms with E-state index in [1.165, 1.54) is 36.5 Å². The summed E-state index contributed by atoms with van der Waals surface area (Å²) in [6.45, 7) is 0.808. The number of benzene rings is 2. The Bertz CT molecular complexity index is 1420. The summed E-state index contributed by atoms with van der Waals surface area (Å²) >= 11 is 0. The second-order valence-electron chi connectivity index (χ2n) is 8.40. The molecule has 0 unspecified atom stereocenters. The van der Waals surface area contributed by atoms with E-state index in [0.29, 0.717) is 22.7 Å². The topological polar surface area (TPSA) is 81.9 Å². The number of fused-ring (bicyclic) bond motifs is 1. The fourth-order valence-electron chi connectivity index (χ4n) is 4.04. The third kappa shape index (κ3) is 5.30. The molecule has 0 radical (unpaired) electrons.